The molecule has 0 saturated carbocycles. The molecule has 0 bridgehead atoms. The van der Waals surface area contributed by atoms with Crippen molar-refractivity contribution in [3.05, 3.63) is 29.8 Å². The minimum absolute atomic E-state index is 0.203. The highest BCUT2D eigenvalue weighted by molar-refractivity contribution is 5.74. The molecule has 0 aliphatic carbocycles. The highest BCUT2D eigenvalue weighted by Crippen LogP contribution is 2.42. The lowest BCUT2D eigenvalue weighted by molar-refractivity contribution is -0.149. The number of fused-ring (bicyclic) bond motifs is 1. The third kappa shape index (κ3) is 2.35. The van der Waals surface area contributed by atoms with Gasteiger partial charge in [0.25, 0.3) is 0 Å². The van der Waals surface area contributed by atoms with Gasteiger partial charge >= 0.3 is 5.97 Å². The molecule has 1 aliphatic rings. The number of ether oxygens (including phenoxy) is 1. The van der Waals surface area contributed by atoms with E-state index in [4.69, 9.17) is 4.74 Å². The first-order valence-corrected chi connectivity index (χ1v) is 6.52. The van der Waals surface area contributed by atoms with Crippen molar-refractivity contribution >= 4 is 5.97 Å². The zero-order chi connectivity index (χ0) is 13.2. The second-order valence-electron chi connectivity index (χ2n) is 5.37. The van der Waals surface area contributed by atoms with Crippen molar-refractivity contribution < 1.29 is 14.6 Å². The first-order valence-electron chi connectivity index (χ1n) is 6.52. The topological polar surface area (TPSA) is 46.5 Å². The summed E-state index contributed by atoms with van der Waals surface area (Å²) in [5.41, 5.74) is 0.501. The Bertz CT molecular complexity index is 441. The van der Waals surface area contributed by atoms with E-state index in [1.54, 1.807) is 0 Å². The Morgan fingerprint density at radius 2 is 2.22 bits per heavy atom. The predicted molar refractivity (Wildman–Crippen MR) is 69.9 cm³/mol. The van der Waals surface area contributed by atoms with Crippen molar-refractivity contribution in [1.29, 1.82) is 0 Å². The molecule has 0 spiro atoms. The zero-order valence-electron chi connectivity index (χ0n) is 11.0. The highest BCUT2D eigenvalue weighted by Gasteiger charge is 2.37. The smallest absolute Gasteiger partial charge is 0.309 e. The molecule has 0 saturated heterocycles. The van der Waals surface area contributed by atoms with Crippen LogP contribution in [0.4, 0.5) is 0 Å². The molecular weight excluding hydrogens is 228 g/mol. The highest BCUT2D eigenvalue weighted by atomic mass is 16.5. The molecule has 0 amide bonds. The van der Waals surface area contributed by atoms with Gasteiger partial charge in [-0.15, -0.1) is 0 Å². The first kappa shape index (κ1) is 12.9. The molecule has 18 heavy (non-hydrogen) atoms. The second kappa shape index (κ2) is 5.01. The van der Waals surface area contributed by atoms with Crippen LogP contribution in [0.25, 0.3) is 0 Å². The fourth-order valence-electron chi connectivity index (χ4n) is 2.79. The van der Waals surface area contributed by atoms with E-state index in [1.807, 2.05) is 38.1 Å². The van der Waals surface area contributed by atoms with Gasteiger partial charge in [0, 0.05) is 11.5 Å². The first-order chi connectivity index (χ1) is 8.57. The van der Waals surface area contributed by atoms with Crippen molar-refractivity contribution in [3.63, 3.8) is 0 Å². The van der Waals surface area contributed by atoms with E-state index in [1.165, 1.54) is 0 Å². The van der Waals surface area contributed by atoms with Crippen LogP contribution in [0.3, 0.4) is 0 Å². The molecular formula is C15H20O3. The van der Waals surface area contributed by atoms with Crippen molar-refractivity contribution in [2.75, 3.05) is 6.61 Å². The molecule has 1 N–H and O–H groups in total. The number of rotatable bonds is 5. The largest absolute Gasteiger partial charge is 0.493 e. The lowest BCUT2D eigenvalue weighted by atomic mass is 9.76. The van der Waals surface area contributed by atoms with E-state index in [-0.39, 0.29) is 5.92 Å². The summed E-state index contributed by atoms with van der Waals surface area (Å²) in [4.78, 5) is 11.5. The molecule has 1 aromatic rings. The maximum atomic E-state index is 11.5. The molecule has 3 nitrogen and oxygen atoms in total. The quantitative estimate of drug-likeness (QED) is 0.868. The molecule has 3 heteroatoms. The molecule has 1 aromatic carbocycles. The van der Waals surface area contributed by atoms with E-state index >= 15 is 0 Å². The monoisotopic (exact) mass is 248 g/mol. The third-order valence-corrected chi connectivity index (χ3v) is 3.81. The number of carboxylic acids is 1. The van der Waals surface area contributed by atoms with Gasteiger partial charge in [0.1, 0.15) is 5.75 Å². The Morgan fingerprint density at radius 3 is 2.89 bits per heavy atom. The number of carbonyl (C=O) groups is 1. The summed E-state index contributed by atoms with van der Waals surface area (Å²) in [5, 5.41) is 9.43. The number of hydrogen-bond donors (Lipinski definition) is 1. The third-order valence-electron chi connectivity index (χ3n) is 3.81. The van der Waals surface area contributed by atoms with Crippen molar-refractivity contribution in [3.8, 4) is 5.75 Å². The summed E-state index contributed by atoms with van der Waals surface area (Å²) in [7, 11) is 0. The Kier molecular flexibility index (Phi) is 3.60. The van der Waals surface area contributed by atoms with Crippen LogP contribution in [0.15, 0.2) is 24.3 Å². The summed E-state index contributed by atoms with van der Waals surface area (Å²) in [6.45, 7) is 4.48. The molecule has 0 fully saturated rings. The standard InChI is InChI=1S/C15H20O3/c1-3-8-15(2,14(16)17)9-11-10-18-13-7-5-4-6-12(11)13/h4-7,11H,3,8-10H2,1-2H3,(H,16,17). The number of benzene rings is 1. The molecule has 0 aromatic heterocycles. The maximum Gasteiger partial charge on any atom is 0.309 e. The molecule has 2 unspecified atom stereocenters. The van der Waals surface area contributed by atoms with E-state index in [9.17, 15) is 9.90 Å². The molecule has 1 heterocycles. The van der Waals surface area contributed by atoms with Gasteiger partial charge in [-0.25, -0.2) is 0 Å². The van der Waals surface area contributed by atoms with Gasteiger partial charge in [0.05, 0.1) is 12.0 Å². The average Bonchev–Trinajstić information content (AvgIpc) is 2.73. The zero-order valence-corrected chi connectivity index (χ0v) is 11.0. The minimum atomic E-state index is -0.700. The molecule has 2 rings (SSSR count). The molecule has 0 radical (unpaired) electrons. The lowest BCUT2D eigenvalue weighted by Crippen LogP contribution is -2.30. The van der Waals surface area contributed by atoms with Gasteiger partial charge in [0.15, 0.2) is 0 Å². The summed E-state index contributed by atoms with van der Waals surface area (Å²) in [6, 6.07) is 7.93. The minimum Gasteiger partial charge on any atom is -0.493 e. The van der Waals surface area contributed by atoms with E-state index in [2.05, 4.69) is 0 Å². The van der Waals surface area contributed by atoms with Crippen LogP contribution in [-0.4, -0.2) is 17.7 Å². The van der Waals surface area contributed by atoms with Crippen LogP contribution < -0.4 is 4.74 Å². The van der Waals surface area contributed by atoms with E-state index < -0.39 is 11.4 Å². The van der Waals surface area contributed by atoms with E-state index in [0.717, 1.165) is 17.7 Å². The van der Waals surface area contributed by atoms with Gasteiger partial charge in [-0.3, -0.25) is 4.79 Å². The van der Waals surface area contributed by atoms with E-state index in [0.29, 0.717) is 19.4 Å². The Morgan fingerprint density at radius 1 is 1.50 bits per heavy atom. The number of para-hydroxylation sites is 1. The van der Waals surface area contributed by atoms with Crippen LogP contribution in [0, 0.1) is 5.41 Å². The summed E-state index contributed by atoms with van der Waals surface area (Å²) < 4.78 is 5.62. The molecule has 98 valence electrons. The normalized spacial score (nSPS) is 20.9. The number of aliphatic carboxylic acids is 1. The fraction of sp³-hybridized carbons (Fsp3) is 0.533. The average molecular weight is 248 g/mol. The summed E-state index contributed by atoms with van der Waals surface area (Å²) in [6.07, 6.45) is 2.24. The number of carboxylic acid groups (broad SMARTS) is 1. The van der Waals surface area contributed by atoms with Crippen molar-refractivity contribution in [2.45, 2.75) is 39.0 Å². The van der Waals surface area contributed by atoms with Crippen LogP contribution in [0.1, 0.15) is 44.6 Å². The Labute approximate surface area is 108 Å². The van der Waals surface area contributed by atoms with Crippen molar-refractivity contribution in [1.82, 2.24) is 0 Å². The number of hydrogen-bond acceptors (Lipinski definition) is 2. The van der Waals surface area contributed by atoms with Gasteiger partial charge in [-0.05, 0) is 25.8 Å². The van der Waals surface area contributed by atoms with Gasteiger partial charge in [-0.2, -0.15) is 0 Å². The SMILES string of the molecule is CCCC(C)(CC1COc2ccccc21)C(=O)O. The van der Waals surface area contributed by atoms with Crippen LogP contribution in [0.2, 0.25) is 0 Å². The Balaban J connectivity index is 2.17. The maximum absolute atomic E-state index is 11.5. The lowest BCUT2D eigenvalue weighted by Gasteiger charge is -2.27. The van der Waals surface area contributed by atoms with Gasteiger partial charge < -0.3 is 9.84 Å². The predicted octanol–water partition coefficient (Wildman–Crippen LogP) is 3.44. The Hall–Kier alpha value is -1.51. The molecule has 1 aliphatic heterocycles. The van der Waals surface area contributed by atoms with Gasteiger partial charge in [0.2, 0.25) is 0 Å². The second-order valence-corrected chi connectivity index (χ2v) is 5.37. The fourth-order valence-corrected chi connectivity index (χ4v) is 2.79. The summed E-state index contributed by atoms with van der Waals surface area (Å²) in [5.74, 6) is 0.411. The van der Waals surface area contributed by atoms with Crippen LogP contribution in [0.5, 0.6) is 5.75 Å². The van der Waals surface area contributed by atoms with Gasteiger partial charge in [-0.1, -0.05) is 31.5 Å². The van der Waals surface area contributed by atoms with Crippen molar-refractivity contribution in [2.24, 2.45) is 5.41 Å². The van der Waals surface area contributed by atoms with Crippen LogP contribution >= 0.6 is 0 Å². The summed E-state index contributed by atoms with van der Waals surface area (Å²) >= 11 is 0. The molecule has 2 atom stereocenters. The van der Waals surface area contributed by atoms with Crippen LogP contribution in [-0.2, 0) is 4.79 Å².